The summed E-state index contributed by atoms with van der Waals surface area (Å²) in [5.41, 5.74) is 5.34. The highest BCUT2D eigenvalue weighted by Crippen LogP contribution is 2.37. The number of carbonyl (C=O) groups excluding carboxylic acids is 2. The number of methoxy groups -OCH3 is 5. The number of benzene rings is 6. The molecule has 125 heavy (non-hydrogen) atoms. The number of aromatic carboxylic acids is 1. The zero-order valence-corrected chi connectivity index (χ0v) is 69.8. The van der Waals surface area contributed by atoms with Crippen molar-refractivity contribution in [2.45, 2.75) is 133 Å². The Morgan fingerprint density at radius 1 is 0.488 bits per heavy atom. The minimum absolute atomic E-state index is 0.0453. The fourth-order valence-electron chi connectivity index (χ4n) is 14.6. The van der Waals surface area contributed by atoms with Crippen LogP contribution in [0.2, 0.25) is 0 Å². The molecule has 0 amide bonds. The summed E-state index contributed by atoms with van der Waals surface area (Å²) >= 11 is 0. The van der Waals surface area contributed by atoms with E-state index >= 15 is 4.39 Å². The molecule has 672 valence electrons. The van der Waals surface area contributed by atoms with Crippen molar-refractivity contribution in [2.24, 2.45) is 0 Å². The van der Waals surface area contributed by atoms with Gasteiger partial charge in [0, 0.05) is 79.0 Å². The van der Waals surface area contributed by atoms with Gasteiger partial charge in [-0.2, -0.15) is 39.5 Å². The number of nitrogens with zero attached hydrogens (tertiary/aromatic N) is 5. The average molecular weight is 1760 g/mol. The number of epoxide rings is 1. The van der Waals surface area contributed by atoms with E-state index in [1.807, 2.05) is 9.80 Å². The molecule has 36 heteroatoms. The van der Waals surface area contributed by atoms with Gasteiger partial charge in [0.05, 0.1) is 166 Å². The first kappa shape index (κ1) is 95.4. The van der Waals surface area contributed by atoms with E-state index in [1.165, 1.54) is 65.9 Å². The van der Waals surface area contributed by atoms with Crippen molar-refractivity contribution in [3.05, 3.63) is 161 Å². The molecule has 13 rings (SSSR count). The van der Waals surface area contributed by atoms with Crippen LogP contribution in [0.5, 0.6) is 17.2 Å². The van der Waals surface area contributed by atoms with Crippen molar-refractivity contribution in [1.82, 2.24) is 28.8 Å². The highest BCUT2D eigenvalue weighted by molar-refractivity contribution is 5.97. The maximum absolute atomic E-state index is 15.0. The summed E-state index contributed by atoms with van der Waals surface area (Å²) in [5, 5.41) is 51.6. The number of esters is 2. The fourth-order valence-corrected chi connectivity index (χ4v) is 14.6. The van der Waals surface area contributed by atoms with Gasteiger partial charge < -0.3 is 94.7 Å². The molecule has 6 aromatic carbocycles. The number of carbonyl (C=O) groups is 3. The highest BCUT2D eigenvalue weighted by Gasteiger charge is 2.36. The number of rotatable bonds is 25. The average Bonchev–Trinajstić information content (AvgIpc) is 1.64. The number of fused-ring (bicyclic) bond motifs is 3. The second kappa shape index (κ2) is 43.7. The Bertz CT molecular complexity index is 5390. The smallest absolute Gasteiger partial charge is 0.406 e. The van der Waals surface area contributed by atoms with Crippen LogP contribution in [0, 0.1) is 35.5 Å². The predicted molar refractivity (Wildman–Crippen MR) is 454 cm³/mol. The van der Waals surface area contributed by atoms with Crippen LogP contribution < -0.4 is 51.4 Å². The third-order valence-corrected chi connectivity index (χ3v) is 20.5. The molecule has 3 aromatic heterocycles. The number of carboxylic acids is 1. The van der Waals surface area contributed by atoms with E-state index in [4.69, 9.17) is 33.5 Å². The van der Waals surface area contributed by atoms with Gasteiger partial charge in [0.1, 0.15) is 55.4 Å². The van der Waals surface area contributed by atoms with Crippen molar-refractivity contribution in [3.8, 4) is 52.8 Å². The number of likely N-dealkylation sites (tertiary alicyclic amines) is 2. The Morgan fingerprint density at radius 2 is 0.816 bits per heavy atom. The van der Waals surface area contributed by atoms with E-state index in [-0.39, 0.29) is 67.7 Å². The quantitative estimate of drug-likeness (QED) is 0.0110. The summed E-state index contributed by atoms with van der Waals surface area (Å²) in [5.74, 6) is 16.0. The van der Waals surface area contributed by atoms with Gasteiger partial charge >= 0.3 is 36.4 Å². The fraction of sp³-hybridized carbons (Fsp3) is 0.427. The lowest BCUT2D eigenvalue weighted by atomic mass is 10.0. The SMILES string of the molecule is CC1CO1.COC(=O)c1ccc(NCC#Cc2cc3c(N[C@@H]4CCN(CC(C)O)C[C@@H]4F)cccc3n2CC(F)(F)F)c(OC)c1.COC(=O)c1ccc(NCC#Cc2cc3c(N[C@@H]4CCNC[C@@H]4F)cccc3n2CC(F)(F)F)c(OC)c1.COc1cc(C(=O)O)ccc1NCC#Cc1cc2c(N[C@@H]3CCN(CC(C)O)C[C@@H]3F)cccc2n1CC(F)(F)F. The van der Waals surface area contributed by atoms with Gasteiger partial charge in [-0.15, -0.1) is 0 Å². The number of ether oxygens (including phenoxy) is 6. The largest absolute Gasteiger partial charge is 0.495 e. The maximum atomic E-state index is 15.0. The molecule has 9 atom stereocenters. The number of β-amino-alcohol motifs (C(OH)–C–C–N with tert-alkyl or cyclic N) is 2. The van der Waals surface area contributed by atoms with E-state index < -0.39 is 105 Å². The van der Waals surface area contributed by atoms with Crippen molar-refractivity contribution < 1.29 is 111 Å². The zero-order valence-electron chi connectivity index (χ0n) is 69.8. The zero-order chi connectivity index (χ0) is 90.5. The molecule has 4 aliphatic heterocycles. The molecule has 0 spiro atoms. The van der Waals surface area contributed by atoms with Gasteiger partial charge in [-0.05, 0) is 174 Å². The summed E-state index contributed by atoms with van der Waals surface area (Å²) < 4.78 is 199. The van der Waals surface area contributed by atoms with Crippen LogP contribution >= 0.6 is 0 Å². The Morgan fingerprint density at radius 3 is 1.10 bits per heavy atom. The minimum Gasteiger partial charge on any atom is -0.495 e. The number of halogens is 12. The standard InChI is InChI=1S/C30H34F4N4O4.C29H32F4N4O4.C27H28F4N4O3.C3H6O/c1-19(39)16-37-13-11-25(23(31)17-37)36-24-7-4-8-27-22(24)15-21(38(27)18-30(32,33)34)6-5-12-35-26-10-9-20(29(40)42-3)14-28(26)41-2;1-18(38)15-36-12-10-24(22(30)16-36)35-23-6-3-7-26-21(23)14-20(37(26)17-29(31,32)33)5-4-11-34-25-9-8-19(28(39)40)13-27(25)41-2;1-37-25-13-17(26(36)38-2)8-9-23(25)33-11-4-5-18-14-19-21(34-22-10-12-32-15-20(22)28)6-3-7-24(19)35(18)16-27(29,30)31;1-3-2-4-3/h4,7-10,14-15,19,23,25,35-36,39H,11-13,16-18H2,1-3H3;3,6-9,13-14,18,22,24,34-35,38H,10-12,15-17H2,1-2H3,(H,39,40);3,6-9,13-14,20,22,32-34H,10-12,15-16H2,1-2H3;3H,2H2,1H3/t19?,23-,25+;18?,22-,24+;20-,22+;/m000./s1. The lowest BCUT2D eigenvalue weighted by Gasteiger charge is -2.36. The van der Waals surface area contributed by atoms with Gasteiger partial charge in [0.15, 0.2) is 0 Å². The molecule has 24 nitrogen and oxygen atoms in total. The molecule has 0 aliphatic carbocycles. The van der Waals surface area contributed by atoms with Crippen LogP contribution in [-0.2, 0) is 33.8 Å². The van der Waals surface area contributed by atoms with Crippen LogP contribution in [-0.4, -0.2) is 244 Å². The Labute approximate surface area is 714 Å². The normalized spacial score (nSPS) is 18.7. The molecule has 7 heterocycles. The lowest BCUT2D eigenvalue weighted by Crippen LogP contribution is -2.49. The number of carboxylic acid groups (broad SMARTS) is 1. The summed E-state index contributed by atoms with van der Waals surface area (Å²) in [6.07, 6.45) is -16.0. The molecular weight excluding hydrogens is 1660 g/mol. The number of anilines is 6. The maximum Gasteiger partial charge on any atom is 0.406 e. The molecule has 4 aliphatic rings. The molecule has 0 radical (unpaired) electrons. The molecule has 9 aromatic rings. The third kappa shape index (κ3) is 27.3. The van der Waals surface area contributed by atoms with Crippen LogP contribution in [0.15, 0.2) is 127 Å². The molecule has 0 saturated carbocycles. The molecule has 3 unspecified atom stereocenters. The lowest BCUT2D eigenvalue weighted by molar-refractivity contribution is -0.140. The van der Waals surface area contributed by atoms with Crippen molar-refractivity contribution in [3.63, 3.8) is 0 Å². The number of aliphatic hydroxyl groups is 2. The summed E-state index contributed by atoms with van der Waals surface area (Å²) in [4.78, 5) is 38.4. The van der Waals surface area contributed by atoms with E-state index in [1.54, 1.807) is 111 Å². The molecule has 4 fully saturated rings. The van der Waals surface area contributed by atoms with Crippen LogP contribution in [0.1, 0.15) is 88.2 Å². The second-order valence-electron chi connectivity index (χ2n) is 30.1. The number of hydrogen-bond acceptors (Lipinski definition) is 20. The van der Waals surface area contributed by atoms with E-state index in [9.17, 15) is 72.9 Å². The third-order valence-electron chi connectivity index (χ3n) is 20.5. The highest BCUT2D eigenvalue weighted by atomic mass is 19.4. The van der Waals surface area contributed by atoms with Gasteiger partial charge in [0.2, 0.25) is 0 Å². The predicted octanol–water partition coefficient (Wildman–Crippen LogP) is 14.2. The van der Waals surface area contributed by atoms with E-state index in [0.29, 0.717) is 148 Å². The number of aromatic nitrogens is 3. The molecular formula is C89H100F12N12O12. The van der Waals surface area contributed by atoms with Gasteiger partial charge in [-0.3, -0.25) is 9.80 Å². The van der Waals surface area contributed by atoms with Crippen molar-refractivity contribution >= 4 is 84.7 Å². The summed E-state index contributed by atoms with van der Waals surface area (Å²) in [7, 11) is 6.83. The van der Waals surface area contributed by atoms with Crippen molar-refractivity contribution in [2.75, 3.05) is 146 Å². The number of nitrogens with one attached hydrogen (secondary N) is 7. The van der Waals surface area contributed by atoms with E-state index in [0.717, 1.165) is 20.3 Å². The van der Waals surface area contributed by atoms with Crippen LogP contribution in [0.4, 0.5) is 86.8 Å². The number of hydrogen-bond donors (Lipinski definition) is 10. The Kier molecular flexibility index (Phi) is 33.3. The Balaban J connectivity index is 0.000000191. The van der Waals surface area contributed by atoms with Crippen LogP contribution in [0.3, 0.4) is 0 Å². The van der Waals surface area contributed by atoms with Gasteiger partial charge in [0.25, 0.3) is 0 Å². The molecule has 0 bridgehead atoms. The molecule has 10 N–H and O–H groups in total. The van der Waals surface area contributed by atoms with Gasteiger partial charge in [-0.1, -0.05) is 36.0 Å². The summed E-state index contributed by atoms with van der Waals surface area (Å²) in [6.45, 7) is 6.02. The number of alkyl halides is 12. The number of piperidine rings is 3. The summed E-state index contributed by atoms with van der Waals surface area (Å²) in [6, 6.07) is 31.7. The number of aliphatic hydroxyl groups excluding tert-OH is 2. The van der Waals surface area contributed by atoms with Crippen LogP contribution in [0.25, 0.3) is 32.7 Å². The Hall–Kier alpha value is -11.9. The molecule has 4 saturated heterocycles. The van der Waals surface area contributed by atoms with Gasteiger partial charge in [-0.25, -0.2) is 27.6 Å². The first-order valence-corrected chi connectivity index (χ1v) is 40.1. The topological polar surface area (TPSA) is 276 Å². The van der Waals surface area contributed by atoms with Crippen molar-refractivity contribution in [1.29, 1.82) is 0 Å². The first-order valence-electron chi connectivity index (χ1n) is 40.1. The second-order valence-corrected chi connectivity index (χ2v) is 30.1. The monoisotopic (exact) mass is 1760 g/mol. The minimum atomic E-state index is -4.50. The first-order chi connectivity index (χ1) is 59.5. The van der Waals surface area contributed by atoms with E-state index in [2.05, 4.69) is 79.7 Å².